The fraction of sp³-hybridized carbons (Fsp3) is 0.520. The molecule has 33 heavy (non-hydrogen) atoms. The van der Waals surface area contributed by atoms with Crippen molar-refractivity contribution in [1.82, 2.24) is 19.5 Å². The van der Waals surface area contributed by atoms with Gasteiger partial charge >= 0.3 is 0 Å². The molecule has 0 unspecified atom stereocenters. The number of anilines is 1. The minimum absolute atomic E-state index is 0.325. The molecule has 4 bridgehead atoms. The van der Waals surface area contributed by atoms with Crippen molar-refractivity contribution in [3.05, 3.63) is 42.2 Å². The van der Waals surface area contributed by atoms with Gasteiger partial charge in [-0.3, -0.25) is 4.90 Å². The molecule has 1 aromatic carbocycles. The Morgan fingerprint density at radius 3 is 2.76 bits per heavy atom. The minimum Gasteiger partial charge on any atom is -0.492 e. The van der Waals surface area contributed by atoms with E-state index in [9.17, 15) is 0 Å². The predicted molar refractivity (Wildman–Crippen MR) is 126 cm³/mol. The predicted octanol–water partition coefficient (Wildman–Crippen LogP) is 3.50. The van der Waals surface area contributed by atoms with Crippen molar-refractivity contribution in [3.63, 3.8) is 0 Å². The van der Waals surface area contributed by atoms with Crippen molar-refractivity contribution < 1.29 is 14.2 Å². The van der Waals surface area contributed by atoms with Gasteiger partial charge in [0.25, 0.3) is 0 Å². The van der Waals surface area contributed by atoms with Gasteiger partial charge in [0.2, 0.25) is 0 Å². The molecule has 2 aliphatic heterocycles. The maximum Gasteiger partial charge on any atom is 0.168 e. The van der Waals surface area contributed by atoms with Gasteiger partial charge in [0.1, 0.15) is 18.2 Å². The van der Waals surface area contributed by atoms with Gasteiger partial charge in [0, 0.05) is 50.3 Å². The average Bonchev–Trinajstić information content (AvgIpc) is 3.45. The molecule has 6 rings (SSSR count). The quantitative estimate of drug-likeness (QED) is 0.610. The summed E-state index contributed by atoms with van der Waals surface area (Å²) in [6, 6.07) is 8.86. The number of benzene rings is 1. The molecule has 0 atom stereocenters. The maximum absolute atomic E-state index is 6.25. The molecule has 1 aliphatic carbocycles. The Kier molecular flexibility index (Phi) is 5.44. The molecule has 8 nitrogen and oxygen atoms in total. The van der Waals surface area contributed by atoms with Crippen LogP contribution in [0.5, 0.6) is 5.75 Å². The average molecular weight is 450 g/mol. The van der Waals surface area contributed by atoms with Gasteiger partial charge in [-0.05, 0) is 49.1 Å². The van der Waals surface area contributed by atoms with Crippen LogP contribution in [0.25, 0.3) is 16.8 Å². The lowest BCUT2D eigenvalue weighted by Crippen LogP contribution is -2.46. The van der Waals surface area contributed by atoms with Crippen LogP contribution in [0.3, 0.4) is 0 Å². The number of aromatic nitrogens is 3. The summed E-state index contributed by atoms with van der Waals surface area (Å²) in [5.41, 5.74) is 4.10. The van der Waals surface area contributed by atoms with Crippen LogP contribution in [0.4, 0.5) is 5.82 Å². The standard InChI is InChI=1S/C25H31N5O3/c1-18-14-19-16-21(15-18)31-11-10-29(20-2-5-25(6-3-20)32-12-13-33-25)9-7-26-23-4-8-30-24(28-23)22(19)17-27-30/h4,8,14-17,20H,2-3,5-7,9-13H2,1H3,(H,26,28). The number of nitrogens with zero attached hydrogens (tertiary/aromatic N) is 4. The highest BCUT2D eigenvalue weighted by Crippen LogP contribution is 2.37. The lowest BCUT2D eigenvalue weighted by Gasteiger charge is -2.40. The smallest absolute Gasteiger partial charge is 0.168 e. The molecule has 1 saturated heterocycles. The van der Waals surface area contributed by atoms with Crippen LogP contribution in [0.15, 0.2) is 36.7 Å². The van der Waals surface area contributed by atoms with Gasteiger partial charge in [0.15, 0.2) is 11.4 Å². The molecule has 8 heteroatoms. The first-order valence-corrected chi connectivity index (χ1v) is 12.0. The first-order chi connectivity index (χ1) is 16.2. The van der Waals surface area contributed by atoms with Crippen molar-refractivity contribution in [3.8, 4) is 16.9 Å². The Morgan fingerprint density at radius 2 is 1.91 bits per heavy atom. The second kappa shape index (κ2) is 8.59. The van der Waals surface area contributed by atoms with E-state index in [1.54, 1.807) is 0 Å². The van der Waals surface area contributed by atoms with Crippen molar-refractivity contribution >= 4 is 11.5 Å². The van der Waals surface area contributed by atoms with Crippen LogP contribution in [-0.4, -0.2) is 70.8 Å². The van der Waals surface area contributed by atoms with E-state index in [0.29, 0.717) is 12.6 Å². The Hall–Kier alpha value is -2.68. The normalized spacial score (nSPS) is 21.7. The van der Waals surface area contributed by atoms with Crippen molar-refractivity contribution in [2.24, 2.45) is 0 Å². The second-order valence-electron chi connectivity index (χ2n) is 9.32. The SMILES string of the molecule is Cc1cc2cc(c1)-c1cnn3ccc(nc13)NCCN(C1CCC3(CC1)OCCO3)CCO2. The van der Waals surface area contributed by atoms with Crippen molar-refractivity contribution in [1.29, 1.82) is 0 Å². The van der Waals surface area contributed by atoms with Crippen LogP contribution < -0.4 is 10.1 Å². The van der Waals surface area contributed by atoms with E-state index < -0.39 is 0 Å². The molecule has 0 radical (unpaired) electrons. The molecule has 1 spiro atoms. The van der Waals surface area contributed by atoms with Gasteiger partial charge < -0.3 is 19.5 Å². The molecule has 2 fully saturated rings. The molecule has 0 amide bonds. The number of nitrogens with one attached hydrogen (secondary N) is 1. The van der Waals surface area contributed by atoms with E-state index in [1.807, 2.05) is 23.0 Å². The summed E-state index contributed by atoms with van der Waals surface area (Å²) in [5, 5.41) is 8.02. The lowest BCUT2D eigenvalue weighted by molar-refractivity contribution is -0.184. The molecule has 4 heterocycles. The van der Waals surface area contributed by atoms with E-state index in [4.69, 9.17) is 19.2 Å². The molecule has 2 aromatic heterocycles. The first-order valence-electron chi connectivity index (χ1n) is 12.0. The van der Waals surface area contributed by atoms with Gasteiger partial charge in [0.05, 0.1) is 19.4 Å². The summed E-state index contributed by atoms with van der Waals surface area (Å²) in [6.07, 6.45) is 7.94. The number of rotatable bonds is 1. The molecular formula is C25H31N5O3. The zero-order valence-corrected chi connectivity index (χ0v) is 19.1. The van der Waals surface area contributed by atoms with Crippen LogP contribution in [0.1, 0.15) is 31.2 Å². The van der Waals surface area contributed by atoms with Gasteiger partial charge in [-0.2, -0.15) is 5.10 Å². The Labute approximate surface area is 193 Å². The largest absolute Gasteiger partial charge is 0.492 e. The second-order valence-corrected chi connectivity index (χ2v) is 9.32. The molecule has 3 aromatic rings. The van der Waals surface area contributed by atoms with E-state index in [-0.39, 0.29) is 5.79 Å². The highest BCUT2D eigenvalue weighted by Gasteiger charge is 2.41. The minimum atomic E-state index is -0.325. The summed E-state index contributed by atoms with van der Waals surface area (Å²) in [7, 11) is 0. The van der Waals surface area contributed by atoms with Gasteiger partial charge in [-0.1, -0.05) is 6.07 Å². The van der Waals surface area contributed by atoms with Gasteiger partial charge in [-0.25, -0.2) is 9.50 Å². The van der Waals surface area contributed by atoms with Crippen LogP contribution in [0, 0.1) is 6.92 Å². The number of aryl methyl sites for hydroxylation is 1. The zero-order chi connectivity index (χ0) is 22.3. The van der Waals surface area contributed by atoms with E-state index in [2.05, 4.69) is 40.4 Å². The number of hydrogen-bond donors (Lipinski definition) is 1. The lowest BCUT2D eigenvalue weighted by atomic mass is 9.89. The topological polar surface area (TPSA) is 73.2 Å². The molecule has 1 saturated carbocycles. The van der Waals surface area contributed by atoms with Crippen molar-refractivity contribution in [2.75, 3.05) is 44.8 Å². The summed E-state index contributed by atoms with van der Waals surface area (Å²) in [6.45, 7) is 6.84. The highest BCUT2D eigenvalue weighted by molar-refractivity contribution is 5.78. The first kappa shape index (κ1) is 20.9. The van der Waals surface area contributed by atoms with Crippen LogP contribution in [-0.2, 0) is 9.47 Å². The third-order valence-electron chi connectivity index (χ3n) is 7.13. The third-order valence-corrected chi connectivity index (χ3v) is 7.13. The third kappa shape index (κ3) is 4.18. The van der Waals surface area contributed by atoms with E-state index in [1.165, 1.54) is 0 Å². The zero-order valence-electron chi connectivity index (χ0n) is 19.1. The van der Waals surface area contributed by atoms with E-state index in [0.717, 1.165) is 92.4 Å². The molecule has 3 aliphatic rings. The summed E-state index contributed by atoms with van der Waals surface area (Å²) in [4.78, 5) is 7.42. The summed E-state index contributed by atoms with van der Waals surface area (Å²) in [5.74, 6) is 1.44. The molecule has 174 valence electrons. The van der Waals surface area contributed by atoms with E-state index >= 15 is 0 Å². The van der Waals surface area contributed by atoms with Crippen LogP contribution >= 0.6 is 0 Å². The Balaban J connectivity index is 1.26. The monoisotopic (exact) mass is 449 g/mol. The highest BCUT2D eigenvalue weighted by atomic mass is 16.7. The maximum atomic E-state index is 6.25. The molecular weight excluding hydrogens is 418 g/mol. The summed E-state index contributed by atoms with van der Waals surface area (Å²) < 4.78 is 20.0. The fourth-order valence-corrected chi connectivity index (χ4v) is 5.44. The summed E-state index contributed by atoms with van der Waals surface area (Å²) >= 11 is 0. The number of hydrogen-bond acceptors (Lipinski definition) is 7. The fourth-order valence-electron chi connectivity index (χ4n) is 5.44. The van der Waals surface area contributed by atoms with Crippen molar-refractivity contribution in [2.45, 2.75) is 44.4 Å². The Morgan fingerprint density at radius 1 is 1.06 bits per heavy atom. The number of fused-ring (bicyclic) bond motifs is 4. The van der Waals surface area contributed by atoms with Gasteiger partial charge in [-0.15, -0.1) is 0 Å². The van der Waals surface area contributed by atoms with Crippen LogP contribution in [0.2, 0.25) is 0 Å². The number of ether oxygens (including phenoxy) is 3. The molecule has 1 N–H and O–H groups in total. The Bertz CT molecular complexity index is 1130.